The van der Waals surface area contributed by atoms with Crippen molar-refractivity contribution in [3.63, 3.8) is 0 Å². The number of aromatic nitrogens is 4. The van der Waals surface area contributed by atoms with E-state index in [2.05, 4.69) is 9.97 Å². The lowest BCUT2D eigenvalue weighted by Gasteiger charge is -2.33. The summed E-state index contributed by atoms with van der Waals surface area (Å²) in [7, 11) is -1.29. The van der Waals surface area contributed by atoms with Crippen LogP contribution in [0.5, 0.6) is 0 Å². The SMILES string of the molecule is CC[C@@H](CC[C@@H](O)[C@@H](O)C(OC)n1cnc2c(=N)n(C)cnc21)OP(=O)(O)C(O)(CC)CC. The molecule has 0 aliphatic rings. The minimum atomic E-state index is -4.33. The van der Waals surface area contributed by atoms with Gasteiger partial charge in [-0.3, -0.25) is 14.5 Å². The zero-order valence-corrected chi connectivity index (χ0v) is 20.6. The molecule has 12 nitrogen and oxygen atoms in total. The third kappa shape index (κ3) is 5.71. The lowest BCUT2D eigenvalue weighted by atomic mass is 10.0. The molecule has 0 amide bonds. The lowest BCUT2D eigenvalue weighted by molar-refractivity contribution is -0.111. The molecule has 2 rings (SSSR count). The lowest BCUT2D eigenvalue weighted by Crippen LogP contribution is -2.37. The standard InChI is InChI=1S/C20H36N5O7P/c1-6-13(32-33(29,30)20(28,7-2)8-3)9-10-14(26)16(27)19(31-5)25-12-22-15-17(21)24(4)11-23-18(15)25/h11-14,16,19,21,26-28H,6-10H2,1-5H3,(H,29,30)/t13-,14+,16+,19?/m0/s1. The first-order valence-electron chi connectivity index (χ1n) is 11.0. The smallest absolute Gasteiger partial charge is 0.359 e. The van der Waals surface area contributed by atoms with Gasteiger partial charge in [0.25, 0.3) is 0 Å². The fourth-order valence-electron chi connectivity index (χ4n) is 3.62. The quantitative estimate of drug-likeness (QED) is 0.260. The van der Waals surface area contributed by atoms with Gasteiger partial charge in [-0.15, -0.1) is 0 Å². The van der Waals surface area contributed by atoms with Gasteiger partial charge in [0.15, 0.2) is 22.7 Å². The van der Waals surface area contributed by atoms with Gasteiger partial charge >= 0.3 is 7.60 Å². The predicted octanol–water partition coefficient (Wildman–Crippen LogP) is 1.39. The summed E-state index contributed by atoms with van der Waals surface area (Å²) in [5.41, 5.74) is 0.783. The summed E-state index contributed by atoms with van der Waals surface area (Å²) in [4.78, 5) is 18.7. The van der Waals surface area contributed by atoms with Crippen LogP contribution >= 0.6 is 7.60 Å². The molecule has 0 spiro atoms. The predicted molar refractivity (Wildman–Crippen MR) is 120 cm³/mol. The molecule has 13 heteroatoms. The van der Waals surface area contributed by atoms with Crippen molar-refractivity contribution in [2.45, 2.75) is 82.8 Å². The number of fused-ring (bicyclic) bond motifs is 1. The molecule has 2 aromatic rings. The van der Waals surface area contributed by atoms with E-state index in [4.69, 9.17) is 14.7 Å². The van der Waals surface area contributed by atoms with E-state index >= 15 is 0 Å². The van der Waals surface area contributed by atoms with Crippen LogP contribution in [-0.2, 0) is 20.9 Å². The molecule has 2 unspecified atom stereocenters. The van der Waals surface area contributed by atoms with Crippen molar-refractivity contribution < 1.29 is 34.0 Å². The van der Waals surface area contributed by atoms with Crippen LogP contribution in [0.15, 0.2) is 12.7 Å². The summed E-state index contributed by atoms with van der Waals surface area (Å²) in [5.74, 6) is 0. The second kappa shape index (κ2) is 11.2. The number of hydrogen-bond acceptors (Lipinski definition) is 9. The number of methoxy groups -OCH3 is 1. The van der Waals surface area contributed by atoms with Gasteiger partial charge in [0.2, 0.25) is 0 Å². The number of aryl methyl sites for hydroxylation is 1. The van der Waals surface area contributed by atoms with E-state index in [0.717, 1.165) is 0 Å². The van der Waals surface area contributed by atoms with Gasteiger partial charge in [-0.05, 0) is 32.1 Å². The van der Waals surface area contributed by atoms with E-state index in [1.54, 1.807) is 27.8 Å². The number of nitrogens with one attached hydrogen (secondary N) is 1. The number of nitrogens with zero attached hydrogens (tertiary/aromatic N) is 4. The Bertz CT molecular complexity index is 1020. The van der Waals surface area contributed by atoms with Crippen LogP contribution in [0.25, 0.3) is 11.2 Å². The van der Waals surface area contributed by atoms with Crippen LogP contribution in [0.4, 0.5) is 0 Å². The van der Waals surface area contributed by atoms with Gasteiger partial charge in [0.1, 0.15) is 11.6 Å². The molecule has 0 fully saturated rings. The van der Waals surface area contributed by atoms with Gasteiger partial charge in [-0.25, -0.2) is 9.97 Å². The summed E-state index contributed by atoms with van der Waals surface area (Å²) in [5, 5.41) is 38.1. The summed E-state index contributed by atoms with van der Waals surface area (Å²) in [6.45, 7) is 4.99. The van der Waals surface area contributed by atoms with Gasteiger partial charge in [-0.1, -0.05) is 20.8 Å². The average molecular weight is 490 g/mol. The molecule has 0 aromatic carbocycles. The maximum Gasteiger partial charge on any atom is 0.359 e. The highest BCUT2D eigenvalue weighted by Crippen LogP contribution is 2.58. The molecule has 0 bridgehead atoms. The molecule has 5 N–H and O–H groups in total. The van der Waals surface area contributed by atoms with E-state index in [9.17, 15) is 24.8 Å². The van der Waals surface area contributed by atoms with Crippen molar-refractivity contribution in [1.29, 1.82) is 5.41 Å². The number of imidazole rings is 1. The van der Waals surface area contributed by atoms with Crippen LogP contribution in [0, 0.1) is 5.41 Å². The first-order valence-corrected chi connectivity index (χ1v) is 12.6. The Labute approximate surface area is 192 Å². The van der Waals surface area contributed by atoms with E-state index < -0.39 is 37.5 Å². The minimum Gasteiger partial charge on any atom is -0.390 e. The molecule has 0 saturated carbocycles. The molecule has 33 heavy (non-hydrogen) atoms. The van der Waals surface area contributed by atoms with Gasteiger partial charge in [-0.2, -0.15) is 0 Å². The van der Waals surface area contributed by atoms with Crippen molar-refractivity contribution in [2.24, 2.45) is 7.05 Å². The number of ether oxygens (including phenoxy) is 1. The molecule has 2 heterocycles. The monoisotopic (exact) mass is 489 g/mol. The molecule has 2 aromatic heterocycles. The van der Waals surface area contributed by atoms with Crippen molar-refractivity contribution in [1.82, 2.24) is 19.1 Å². The van der Waals surface area contributed by atoms with E-state index in [1.165, 1.54) is 28.9 Å². The summed E-state index contributed by atoms with van der Waals surface area (Å²) in [6.07, 6.45) is -0.791. The van der Waals surface area contributed by atoms with Gasteiger partial charge < -0.3 is 34.0 Å². The molecule has 188 valence electrons. The second-order valence-electron chi connectivity index (χ2n) is 8.14. The Morgan fingerprint density at radius 1 is 1.18 bits per heavy atom. The van der Waals surface area contributed by atoms with Gasteiger partial charge in [0.05, 0.1) is 24.9 Å². The highest BCUT2D eigenvalue weighted by Gasteiger charge is 2.46. The average Bonchev–Trinajstić information content (AvgIpc) is 3.22. The molecule has 0 radical (unpaired) electrons. The molecular weight excluding hydrogens is 453 g/mol. The third-order valence-electron chi connectivity index (χ3n) is 6.09. The van der Waals surface area contributed by atoms with Crippen LogP contribution in [0.2, 0.25) is 0 Å². The number of rotatable bonds is 13. The van der Waals surface area contributed by atoms with Crippen LogP contribution < -0.4 is 5.49 Å². The van der Waals surface area contributed by atoms with E-state index in [0.29, 0.717) is 17.6 Å². The first-order chi connectivity index (χ1) is 15.5. The zero-order valence-electron chi connectivity index (χ0n) is 19.7. The Morgan fingerprint density at radius 2 is 1.82 bits per heavy atom. The summed E-state index contributed by atoms with van der Waals surface area (Å²) >= 11 is 0. The normalized spacial score (nSPS) is 18.1. The Morgan fingerprint density at radius 3 is 2.36 bits per heavy atom. The maximum absolute atomic E-state index is 12.6. The maximum atomic E-state index is 12.6. The second-order valence-corrected chi connectivity index (χ2v) is 10.2. The highest BCUT2D eigenvalue weighted by atomic mass is 31.2. The molecule has 0 saturated heterocycles. The molecule has 0 aliphatic carbocycles. The van der Waals surface area contributed by atoms with E-state index in [-0.39, 0.29) is 31.2 Å². The van der Waals surface area contributed by atoms with Crippen molar-refractivity contribution in [3.05, 3.63) is 18.1 Å². The van der Waals surface area contributed by atoms with Crippen LogP contribution in [-0.4, -0.2) is 70.1 Å². The van der Waals surface area contributed by atoms with Crippen LogP contribution in [0.3, 0.4) is 0 Å². The highest BCUT2D eigenvalue weighted by molar-refractivity contribution is 7.54. The number of aliphatic hydroxyl groups is 3. The zero-order chi connectivity index (χ0) is 25.0. The minimum absolute atomic E-state index is 0.0505. The largest absolute Gasteiger partial charge is 0.390 e. The topological polar surface area (TPSA) is 176 Å². The van der Waals surface area contributed by atoms with E-state index in [1.807, 2.05) is 0 Å². The molecular formula is C20H36N5O7P. The Hall–Kier alpha value is -1.66. The molecule has 5 atom stereocenters. The number of aliphatic hydroxyl groups excluding tert-OH is 2. The third-order valence-corrected chi connectivity index (χ3v) is 8.36. The van der Waals surface area contributed by atoms with Gasteiger partial charge in [0, 0.05) is 14.2 Å². The fraction of sp³-hybridized carbons (Fsp3) is 0.750. The van der Waals surface area contributed by atoms with Crippen molar-refractivity contribution in [2.75, 3.05) is 7.11 Å². The van der Waals surface area contributed by atoms with Crippen LogP contribution in [0.1, 0.15) is 59.1 Å². The number of hydrogen-bond donors (Lipinski definition) is 5. The molecule has 0 aliphatic heterocycles. The van der Waals surface area contributed by atoms with Crippen molar-refractivity contribution >= 4 is 18.8 Å². The van der Waals surface area contributed by atoms with Crippen molar-refractivity contribution in [3.8, 4) is 0 Å². The summed E-state index contributed by atoms with van der Waals surface area (Å²) < 4.78 is 26.4. The fourth-order valence-corrected chi connectivity index (χ4v) is 5.27. The first kappa shape index (κ1) is 27.6. The Balaban J connectivity index is 2.12. The Kier molecular flexibility index (Phi) is 9.34. The summed E-state index contributed by atoms with van der Waals surface area (Å²) in [6, 6.07) is 0.